The van der Waals surface area contributed by atoms with Crippen LogP contribution >= 0.6 is 11.6 Å². The van der Waals surface area contributed by atoms with Crippen molar-refractivity contribution in [3.8, 4) is 0 Å². The van der Waals surface area contributed by atoms with Gasteiger partial charge in [0.2, 0.25) is 0 Å². The van der Waals surface area contributed by atoms with Crippen LogP contribution in [0, 0.1) is 5.41 Å². The minimum absolute atomic E-state index is 0.0466. The number of amidine groups is 1. The summed E-state index contributed by atoms with van der Waals surface area (Å²) < 4.78 is 4.88. The molecule has 0 bridgehead atoms. The summed E-state index contributed by atoms with van der Waals surface area (Å²) in [5, 5.41) is 8.71. The van der Waals surface area contributed by atoms with Crippen molar-refractivity contribution in [1.29, 1.82) is 5.41 Å². The maximum absolute atomic E-state index is 11.4. The number of carbonyl (C=O) groups is 1. The molecule has 1 fully saturated rings. The molecular weight excluding hydrogens is 290 g/mol. The summed E-state index contributed by atoms with van der Waals surface area (Å²) in [5.74, 6) is -0.000958. The van der Waals surface area contributed by atoms with Crippen LogP contribution in [0.25, 0.3) is 0 Å². The molecule has 5 nitrogen and oxygen atoms in total. The summed E-state index contributed by atoms with van der Waals surface area (Å²) in [4.78, 5) is 15.6. The average molecular weight is 310 g/mol. The highest BCUT2D eigenvalue weighted by atomic mass is 35.5. The second-order valence-electron chi connectivity index (χ2n) is 4.88. The van der Waals surface area contributed by atoms with Gasteiger partial charge in [-0.25, -0.2) is 0 Å². The van der Waals surface area contributed by atoms with E-state index in [4.69, 9.17) is 21.7 Å². The number of benzene rings is 1. The molecule has 1 N–H and O–H groups in total. The van der Waals surface area contributed by atoms with E-state index in [1.807, 2.05) is 29.2 Å². The van der Waals surface area contributed by atoms with Crippen LogP contribution in [0.3, 0.4) is 0 Å². The zero-order valence-corrected chi connectivity index (χ0v) is 12.9. The van der Waals surface area contributed by atoms with Gasteiger partial charge in [0, 0.05) is 36.9 Å². The Kier molecular flexibility index (Phi) is 5.44. The van der Waals surface area contributed by atoms with Gasteiger partial charge in [0.05, 0.1) is 6.61 Å². The summed E-state index contributed by atoms with van der Waals surface area (Å²) >= 11 is 6.01. The first-order chi connectivity index (χ1) is 10.1. The van der Waals surface area contributed by atoms with E-state index in [-0.39, 0.29) is 12.4 Å². The number of ether oxygens (including phenoxy) is 1. The predicted molar refractivity (Wildman–Crippen MR) is 84.2 cm³/mol. The third-order valence-corrected chi connectivity index (χ3v) is 3.69. The van der Waals surface area contributed by atoms with Gasteiger partial charge in [0.15, 0.2) is 0 Å². The van der Waals surface area contributed by atoms with E-state index in [1.54, 1.807) is 6.92 Å². The Balaban J connectivity index is 1.85. The first-order valence-corrected chi connectivity index (χ1v) is 7.46. The van der Waals surface area contributed by atoms with E-state index in [0.717, 1.165) is 36.9 Å². The van der Waals surface area contributed by atoms with Crippen molar-refractivity contribution in [2.75, 3.05) is 37.7 Å². The van der Waals surface area contributed by atoms with E-state index in [2.05, 4.69) is 4.90 Å². The van der Waals surface area contributed by atoms with Crippen LogP contribution < -0.4 is 4.90 Å². The molecule has 1 aromatic carbocycles. The van der Waals surface area contributed by atoms with Crippen LogP contribution in [0.15, 0.2) is 24.3 Å². The van der Waals surface area contributed by atoms with Gasteiger partial charge in [-0.05, 0) is 25.1 Å². The summed E-state index contributed by atoms with van der Waals surface area (Å²) in [7, 11) is 0. The van der Waals surface area contributed by atoms with Crippen molar-refractivity contribution in [2.45, 2.75) is 13.3 Å². The van der Waals surface area contributed by atoms with Gasteiger partial charge in [-0.15, -0.1) is 0 Å². The van der Waals surface area contributed by atoms with Gasteiger partial charge >= 0.3 is 5.97 Å². The first kappa shape index (κ1) is 15.6. The molecule has 0 unspecified atom stereocenters. The smallest absolute Gasteiger partial charge is 0.313 e. The van der Waals surface area contributed by atoms with Gasteiger partial charge in [0.1, 0.15) is 12.3 Å². The fourth-order valence-corrected chi connectivity index (χ4v) is 2.55. The number of carbonyl (C=O) groups excluding carboxylic acids is 1. The number of nitrogens with one attached hydrogen (secondary N) is 1. The normalized spacial score (nSPS) is 15.0. The Morgan fingerprint density at radius 2 is 2.05 bits per heavy atom. The molecule has 6 heteroatoms. The van der Waals surface area contributed by atoms with E-state index < -0.39 is 0 Å². The molecule has 1 saturated heterocycles. The Bertz CT molecular complexity index is 513. The number of piperazine rings is 1. The standard InChI is InChI=1S/C15H20ClN3O2/c1-2-21-15(20)11-14(17)19-8-6-18(7-9-19)13-5-3-4-12(16)10-13/h3-5,10,17H,2,6-9,11H2,1H3. The van der Waals surface area contributed by atoms with E-state index in [0.29, 0.717) is 12.4 Å². The summed E-state index contributed by atoms with van der Waals surface area (Å²) in [6.45, 7) is 5.20. The lowest BCUT2D eigenvalue weighted by Gasteiger charge is -2.37. The number of anilines is 1. The van der Waals surface area contributed by atoms with Crippen molar-refractivity contribution >= 4 is 29.1 Å². The zero-order chi connectivity index (χ0) is 15.2. The highest BCUT2D eigenvalue weighted by molar-refractivity contribution is 6.30. The topological polar surface area (TPSA) is 56.6 Å². The molecule has 0 radical (unpaired) electrons. The van der Waals surface area contributed by atoms with Crippen molar-refractivity contribution in [1.82, 2.24) is 4.90 Å². The second-order valence-corrected chi connectivity index (χ2v) is 5.32. The Morgan fingerprint density at radius 1 is 1.33 bits per heavy atom. The lowest BCUT2D eigenvalue weighted by atomic mass is 10.2. The lowest BCUT2D eigenvalue weighted by molar-refractivity contribution is -0.141. The van der Waals surface area contributed by atoms with Gasteiger partial charge in [-0.2, -0.15) is 0 Å². The van der Waals surface area contributed by atoms with Crippen LogP contribution in [0.4, 0.5) is 5.69 Å². The van der Waals surface area contributed by atoms with Crippen LogP contribution in [-0.2, 0) is 9.53 Å². The molecule has 21 heavy (non-hydrogen) atoms. The molecule has 0 amide bonds. The lowest BCUT2D eigenvalue weighted by Crippen LogP contribution is -2.49. The second kappa shape index (κ2) is 7.31. The van der Waals surface area contributed by atoms with E-state index >= 15 is 0 Å². The molecule has 0 aromatic heterocycles. The molecule has 0 saturated carbocycles. The van der Waals surface area contributed by atoms with Crippen molar-refractivity contribution in [3.63, 3.8) is 0 Å². The Hall–Kier alpha value is -1.75. The van der Waals surface area contributed by atoms with Gasteiger partial charge in [-0.1, -0.05) is 17.7 Å². The molecule has 1 aliphatic heterocycles. The van der Waals surface area contributed by atoms with Crippen LogP contribution in [0.2, 0.25) is 5.02 Å². The molecule has 1 heterocycles. The highest BCUT2D eigenvalue weighted by Crippen LogP contribution is 2.20. The zero-order valence-electron chi connectivity index (χ0n) is 12.1. The quantitative estimate of drug-likeness (QED) is 0.527. The van der Waals surface area contributed by atoms with Crippen LogP contribution in [0.5, 0.6) is 0 Å². The fourth-order valence-electron chi connectivity index (χ4n) is 2.37. The minimum Gasteiger partial charge on any atom is -0.466 e. The maximum Gasteiger partial charge on any atom is 0.313 e. The van der Waals surface area contributed by atoms with Crippen molar-refractivity contribution < 1.29 is 9.53 Å². The molecule has 114 valence electrons. The SMILES string of the molecule is CCOC(=O)CC(=N)N1CCN(c2cccc(Cl)c2)CC1. The van der Waals surface area contributed by atoms with E-state index in [1.165, 1.54) is 0 Å². The molecular formula is C15H20ClN3O2. The number of halogens is 1. The van der Waals surface area contributed by atoms with Crippen LogP contribution in [0.1, 0.15) is 13.3 Å². The highest BCUT2D eigenvalue weighted by Gasteiger charge is 2.21. The fraction of sp³-hybridized carbons (Fsp3) is 0.467. The molecule has 1 aromatic rings. The van der Waals surface area contributed by atoms with Gasteiger partial charge in [0.25, 0.3) is 0 Å². The van der Waals surface area contributed by atoms with E-state index in [9.17, 15) is 4.79 Å². The average Bonchev–Trinajstić information content (AvgIpc) is 2.47. The monoisotopic (exact) mass is 309 g/mol. The maximum atomic E-state index is 11.4. The number of rotatable bonds is 4. The molecule has 0 aliphatic carbocycles. The number of nitrogens with zero attached hydrogens (tertiary/aromatic N) is 2. The van der Waals surface area contributed by atoms with Gasteiger partial charge in [-0.3, -0.25) is 10.2 Å². The third kappa shape index (κ3) is 4.36. The molecule has 0 spiro atoms. The summed E-state index contributed by atoms with van der Waals surface area (Å²) in [6, 6.07) is 7.77. The molecule has 1 aliphatic rings. The predicted octanol–water partition coefficient (Wildman–Crippen LogP) is 2.39. The number of esters is 1. The summed E-state index contributed by atoms with van der Waals surface area (Å²) in [5.41, 5.74) is 1.10. The van der Waals surface area contributed by atoms with Crippen LogP contribution in [-0.4, -0.2) is 49.5 Å². The van der Waals surface area contributed by atoms with Crippen molar-refractivity contribution in [2.24, 2.45) is 0 Å². The van der Waals surface area contributed by atoms with Gasteiger partial charge < -0.3 is 14.5 Å². The number of hydrogen-bond donors (Lipinski definition) is 1. The Labute approximate surface area is 129 Å². The first-order valence-electron chi connectivity index (χ1n) is 7.08. The molecule has 2 rings (SSSR count). The minimum atomic E-state index is -0.334. The number of hydrogen-bond acceptors (Lipinski definition) is 4. The van der Waals surface area contributed by atoms with Crippen molar-refractivity contribution in [3.05, 3.63) is 29.3 Å². The third-order valence-electron chi connectivity index (χ3n) is 3.45. The summed E-state index contributed by atoms with van der Waals surface area (Å²) in [6.07, 6.45) is 0.0466. The molecule has 0 atom stereocenters. The Morgan fingerprint density at radius 3 is 2.67 bits per heavy atom. The largest absolute Gasteiger partial charge is 0.466 e.